The zero-order chi connectivity index (χ0) is 13.7. The highest BCUT2D eigenvalue weighted by Crippen LogP contribution is 2.24. The number of carboxylic acid groups (broad SMARTS) is 1. The van der Waals surface area contributed by atoms with Crippen molar-refractivity contribution in [1.29, 1.82) is 0 Å². The van der Waals surface area contributed by atoms with Crippen LogP contribution in [0.25, 0.3) is 0 Å². The van der Waals surface area contributed by atoms with Gasteiger partial charge >= 0.3 is 11.7 Å². The number of likely N-dealkylation sites (N-methyl/N-ethyl adjacent to an activating group) is 1. The Morgan fingerprint density at radius 3 is 2.72 bits per heavy atom. The molecule has 8 nitrogen and oxygen atoms in total. The average Bonchev–Trinajstić information content (AvgIpc) is 2.27. The van der Waals surface area contributed by atoms with Gasteiger partial charge in [-0.15, -0.1) is 0 Å². The summed E-state index contributed by atoms with van der Waals surface area (Å²) in [6.45, 7) is 0.722. The summed E-state index contributed by atoms with van der Waals surface area (Å²) in [5, 5.41) is 19.5. The molecular weight excluding hydrogens is 242 g/mol. The van der Waals surface area contributed by atoms with Crippen LogP contribution in [0.4, 0.5) is 5.69 Å². The van der Waals surface area contributed by atoms with Gasteiger partial charge in [0.2, 0.25) is 0 Å². The number of carboxylic acids is 1. The summed E-state index contributed by atoms with van der Waals surface area (Å²) in [5.74, 6) is -1.54. The van der Waals surface area contributed by atoms with Crippen molar-refractivity contribution in [2.75, 3.05) is 27.2 Å². The predicted octanol–water partition coefficient (Wildman–Crippen LogP) is 0.628. The molecule has 1 N–H and O–H groups in total. The van der Waals surface area contributed by atoms with E-state index in [0.29, 0.717) is 6.54 Å². The Balaban J connectivity index is 2.93. The number of aromatic carboxylic acids is 1. The number of rotatable bonds is 6. The third kappa shape index (κ3) is 3.67. The fourth-order valence-corrected chi connectivity index (χ4v) is 1.12. The van der Waals surface area contributed by atoms with Gasteiger partial charge in [-0.2, -0.15) is 0 Å². The van der Waals surface area contributed by atoms with Crippen LogP contribution in [0.5, 0.6) is 5.88 Å². The topological polar surface area (TPSA) is 106 Å². The van der Waals surface area contributed by atoms with Crippen molar-refractivity contribution in [3.05, 3.63) is 27.9 Å². The summed E-state index contributed by atoms with van der Waals surface area (Å²) in [6, 6.07) is 2.14. The van der Waals surface area contributed by atoms with Crippen molar-refractivity contribution in [2.45, 2.75) is 0 Å². The Kier molecular flexibility index (Phi) is 4.55. The van der Waals surface area contributed by atoms with Gasteiger partial charge in [0.25, 0.3) is 5.88 Å². The number of hydrogen-bond acceptors (Lipinski definition) is 6. The van der Waals surface area contributed by atoms with E-state index in [4.69, 9.17) is 9.84 Å². The Morgan fingerprint density at radius 1 is 1.56 bits per heavy atom. The molecule has 0 spiro atoms. The summed E-state index contributed by atoms with van der Waals surface area (Å²) in [4.78, 5) is 26.2. The van der Waals surface area contributed by atoms with Crippen molar-refractivity contribution in [3.63, 3.8) is 0 Å². The first-order valence-corrected chi connectivity index (χ1v) is 5.08. The molecule has 0 aliphatic carbocycles. The first-order valence-electron chi connectivity index (χ1n) is 5.08. The summed E-state index contributed by atoms with van der Waals surface area (Å²) < 4.78 is 5.14. The highest BCUT2D eigenvalue weighted by molar-refractivity contribution is 5.85. The Hall–Kier alpha value is -2.22. The lowest BCUT2D eigenvalue weighted by Crippen LogP contribution is -2.20. The maximum atomic E-state index is 10.7. The second-order valence-electron chi connectivity index (χ2n) is 3.73. The number of hydrogen-bond donors (Lipinski definition) is 1. The number of ether oxygens (including phenoxy) is 1. The first kappa shape index (κ1) is 13.8. The minimum Gasteiger partial charge on any atom is -0.477 e. The molecule has 18 heavy (non-hydrogen) atoms. The predicted molar refractivity (Wildman–Crippen MR) is 61.9 cm³/mol. The largest absolute Gasteiger partial charge is 0.477 e. The van der Waals surface area contributed by atoms with E-state index in [1.165, 1.54) is 0 Å². The molecular formula is C10H13N3O5. The summed E-state index contributed by atoms with van der Waals surface area (Å²) >= 11 is 0. The molecule has 0 radical (unpaired) electrons. The molecule has 0 unspecified atom stereocenters. The lowest BCUT2D eigenvalue weighted by Gasteiger charge is -2.10. The molecule has 98 valence electrons. The van der Waals surface area contributed by atoms with Crippen LogP contribution < -0.4 is 4.74 Å². The van der Waals surface area contributed by atoms with Crippen LogP contribution in [0, 0.1) is 10.1 Å². The first-order chi connectivity index (χ1) is 8.41. The van der Waals surface area contributed by atoms with E-state index in [2.05, 4.69) is 4.98 Å². The number of nitro groups is 1. The SMILES string of the molecule is CN(C)CCOc1nc(C(=O)O)ccc1[N+](=O)[O-]. The molecule has 0 aliphatic heterocycles. The van der Waals surface area contributed by atoms with Gasteiger partial charge in [-0.05, 0) is 20.2 Å². The summed E-state index contributed by atoms with van der Waals surface area (Å²) in [7, 11) is 3.64. The molecule has 0 saturated heterocycles. The van der Waals surface area contributed by atoms with Crippen LogP contribution >= 0.6 is 0 Å². The minimum absolute atomic E-state index is 0.184. The van der Waals surface area contributed by atoms with Crippen LogP contribution in [0.3, 0.4) is 0 Å². The van der Waals surface area contributed by atoms with Crippen molar-refractivity contribution < 1.29 is 19.6 Å². The van der Waals surface area contributed by atoms with Crippen molar-refractivity contribution in [1.82, 2.24) is 9.88 Å². The fourth-order valence-electron chi connectivity index (χ4n) is 1.12. The third-order valence-corrected chi connectivity index (χ3v) is 2.03. The van der Waals surface area contributed by atoms with Gasteiger partial charge in [0.05, 0.1) is 4.92 Å². The third-order valence-electron chi connectivity index (χ3n) is 2.03. The minimum atomic E-state index is -1.26. The van der Waals surface area contributed by atoms with Crippen LogP contribution in [-0.2, 0) is 0 Å². The van der Waals surface area contributed by atoms with Gasteiger partial charge in [0.15, 0.2) is 5.69 Å². The lowest BCUT2D eigenvalue weighted by atomic mass is 10.3. The van der Waals surface area contributed by atoms with Crippen LogP contribution in [0.2, 0.25) is 0 Å². The molecule has 0 aromatic carbocycles. The van der Waals surface area contributed by atoms with E-state index in [0.717, 1.165) is 12.1 Å². The summed E-state index contributed by atoms with van der Waals surface area (Å²) in [5.41, 5.74) is -0.640. The smallest absolute Gasteiger partial charge is 0.354 e. The summed E-state index contributed by atoms with van der Waals surface area (Å²) in [6.07, 6.45) is 0. The molecule has 0 amide bonds. The Bertz CT molecular complexity index is 461. The van der Waals surface area contributed by atoms with Crippen molar-refractivity contribution >= 4 is 11.7 Å². The van der Waals surface area contributed by atoms with Crippen LogP contribution in [0.15, 0.2) is 12.1 Å². The van der Waals surface area contributed by atoms with Gasteiger partial charge < -0.3 is 14.7 Å². The fraction of sp³-hybridized carbons (Fsp3) is 0.400. The van der Waals surface area contributed by atoms with E-state index in [1.807, 2.05) is 19.0 Å². The molecule has 0 fully saturated rings. The Labute approximate surface area is 103 Å². The van der Waals surface area contributed by atoms with Crippen molar-refractivity contribution in [2.24, 2.45) is 0 Å². The monoisotopic (exact) mass is 255 g/mol. The van der Waals surface area contributed by atoms with E-state index >= 15 is 0 Å². The van der Waals surface area contributed by atoms with Crippen molar-refractivity contribution in [3.8, 4) is 5.88 Å². The molecule has 8 heteroatoms. The number of aromatic nitrogens is 1. The maximum Gasteiger partial charge on any atom is 0.354 e. The molecule has 1 aromatic rings. The Morgan fingerprint density at radius 2 is 2.22 bits per heavy atom. The lowest BCUT2D eigenvalue weighted by molar-refractivity contribution is -0.386. The molecule has 0 aliphatic rings. The molecule has 1 heterocycles. The van der Waals surface area contributed by atoms with E-state index in [1.54, 1.807) is 0 Å². The van der Waals surface area contributed by atoms with Crippen LogP contribution in [0.1, 0.15) is 10.5 Å². The second-order valence-corrected chi connectivity index (χ2v) is 3.73. The van der Waals surface area contributed by atoms with E-state index in [9.17, 15) is 14.9 Å². The maximum absolute atomic E-state index is 10.7. The van der Waals surface area contributed by atoms with Gasteiger partial charge in [-0.3, -0.25) is 10.1 Å². The molecule has 0 saturated carbocycles. The number of carbonyl (C=O) groups is 1. The number of nitrogens with zero attached hydrogens (tertiary/aromatic N) is 3. The average molecular weight is 255 g/mol. The standard InChI is InChI=1S/C10H13N3O5/c1-12(2)5-6-18-9-8(13(16)17)4-3-7(11-9)10(14)15/h3-4H,5-6H2,1-2H3,(H,14,15). The molecule has 1 aromatic heterocycles. The highest BCUT2D eigenvalue weighted by atomic mass is 16.6. The molecule has 0 atom stereocenters. The zero-order valence-electron chi connectivity index (χ0n) is 9.99. The van der Waals surface area contributed by atoms with Gasteiger partial charge in [-0.25, -0.2) is 9.78 Å². The quantitative estimate of drug-likeness (QED) is 0.586. The normalized spacial score (nSPS) is 10.4. The second kappa shape index (κ2) is 5.92. The number of pyridine rings is 1. The highest BCUT2D eigenvalue weighted by Gasteiger charge is 2.19. The van der Waals surface area contributed by atoms with E-state index < -0.39 is 10.9 Å². The van der Waals surface area contributed by atoms with Gasteiger partial charge in [-0.1, -0.05) is 0 Å². The van der Waals surface area contributed by atoms with E-state index in [-0.39, 0.29) is 23.9 Å². The molecule has 0 bridgehead atoms. The van der Waals surface area contributed by atoms with Crippen LogP contribution in [-0.4, -0.2) is 53.1 Å². The zero-order valence-corrected chi connectivity index (χ0v) is 9.99. The van der Waals surface area contributed by atoms with Gasteiger partial charge in [0, 0.05) is 12.6 Å². The van der Waals surface area contributed by atoms with Gasteiger partial charge in [0.1, 0.15) is 6.61 Å². The molecule has 1 rings (SSSR count).